The molecule has 0 bridgehead atoms. The maximum atomic E-state index is 3.51. The Hall–Kier alpha value is -12.4. The van der Waals surface area contributed by atoms with Gasteiger partial charge < -0.3 is 10.2 Å². The highest BCUT2D eigenvalue weighted by Crippen LogP contribution is 2.64. The van der Waals surface area contributed by atoms with Crippen LogP contribution in [0.2, 0.25) is 0 Å². The summed E-state index contributed by atoms with van der Waals surface area (Å²) in [6, 6.07) is 141. The van der Waals surface area contributed by atoms with Crippen LogP contribution in [0.4, 0.5) is 11.4 Å². The summed E-state index contributed by atoms with van der Waals surface area (Å²) in [5.74, 6) is 0. The number of anilines is 2. The Kier molecular flexibility index (Phi) is 48.1. The number of hydrogen-bond acceptors (Lipinski definition) is 2. The van der Waals surface area contributed by atoms with Crippen LogP contribution in [0, 0.1) is 0 Å². The molecule has 692 valence electrons. The van der Waals surface area contributed by atoms with E-state index in [1.54, 1.807) is 0 Å². The number of para-hydroxylation sites is 2. The van der Waals surface area contributed by atoms with Crippen molar-refractivity contribution in [3.63, 3.8) is 0 Å². The van der Waals surface area contributed by atoms with E-state index in [9.17, 15) is 0 Å². The van der Waals surface area contributed by atoms with Gasteiger partial charge in [-0.15, -0.1) is 0 Å². The molecule has 4 aliphatic rings. The molecule has 22 rings (SSSR count). The molecule has 18 aromatic carbocycles. The van der Waals surface area contributed by atoms with Crippen molar-refractivity contribution < 1.29 is 0 Å². The molecule has 0 saturated heterocycles. The van der Waals surface area contributed by atoms with Crippen LogP contribution in [-0.2, 0) is 23.9 Å². The van der Waals surface area contributed by atoms with Gasteiger partial charge in [-0.3, -0.25) is 0 Å². The lowest BCUT2D eigenvalue weighted by molar-refractivity contribution is 0.794. The molecule has 2 spiro atoms. The molecule has 0 amide bonds. The number of nitrogens with one attached hydrogen (secondary N) is 1. The second kappa shape index (κ2) is 58.5. The number of nitrogens with zero attached hydrogens (tertiary/aromatic N) is 1. The Morgan fingerprint density at radius 3 is 0.624 bits per heavy atom. The van der Waals surface area contributed by atoms with Gasteiger partial charge in [-0.25, -0.2) is 0 Å². The summed E-state index contributed by atoms with van der Waals surface area (Å²) < 4.78 is 0. The SMILES string of the molecule is CC.CC.CC.CC.CC.CC.CC.CC.CC.CC.CCBr.CCC.CCC.CCN(Cc1ccc2c3ccccc3c3ccccc3c2c1)c1ccccc1.c1ccc(NCc2ccc3c4ccccc4c4ccccc4c3c2)cc1.c1ccc2c(c1)-c1ccccc1C21c2ccccc2-c2ccccc21.c1ccc2c(c1)-c1ccccc1C21c2ccccc2-c2ccccc21. The zero-order valence-corrected chi connectivity index (χ0v) is 87.1. The summed E-state index contributed by atoms with van der Waals surface area (Å²) in [4.78, 5) is 2.42. The third-order valence-electron chi connectivity index (χ3n) is 22.6. The standard InChI is InChI=1S/C27H23N.C25H19N.2C25H16.2C3H8.C2H5Br.10C2H6/c1-2-28(21-10-4-3-5-11-21)19-20-16-17-26-24-14-7-6-12-22(24)23-13-8-9-15-25(23)27(26)18-20;1-2-8-19(9-3-1)26-17-18-14-15-24-22-12-5-4-10-20(22)21-11-6-7-13-23(21)25(24)16-18;2*1-5-13-21-17(9-1)18-10-2-6-14-22(18)25(21)23-15-7-3-11-19(23)20-12-4-8-16-24(20)25;2*1-3-2;1-2-3;10*1-2/h3-18H,2,19H2,1H3;1-16,26H,17H2;2*1-16H;2*3H2,1-2H3;2H2,1H3;10*1-2H3. The molecule has 18 aromatic rings. The van der Waals surface area contributed by atoms with Gasteiger partial charge in [0.05, 0.1) is 10.8 Å². The van der Waals surface area contributed by atoms with Gasteiger partial charge in [0, 0.05) is 36.3 Å². The molecule has 0 heterocycles. The van der Waals surface area contributed by atoms with Crippen LogP contribution in [0.3, 0.4) is 0 Å². The Bertz CT molecular complexity index is 5780. The summed E-state index contributed by atoms with van der Waals surface area (Å²) >= 11 is 3.15. The van der Waals surface area contributed by atoms with E-state index < -0.39 is 0 Å². The lowest BCUT2D eigenvalue weighted by Crippen LogP contribution is -2.25. The van der Waals surface area contributed by atoms with Crippen LogP contribution < -0.4 is 10.2 Å². The molecule has 0 fully saturated rings. The third kappa shape index (κ3) is 23.6. The first-order valence-corrected chi connectivity index (χ1v) is 51.5. The first-order chi connectivity index (χ1) is 65.8. The predicted molar refractivity (Wildman–Crippen MR) is 605 cm³/mol. The molecule has 1 N–H and O–H groups in total. The highest BCUT2D eigenvalue weighted by molar-refractivity contribution is 9.09. The molecular weight excluding hydrogens is 1670 g/mol. The lowest BCUT2D eigenvalue weighted by Gasteiger charge is -2.30. The van der Waals surface area contributed by atoms with E-state index in [4.69, 9.17) is 0 Å². The molecule has 0 radical (unpaired) electrons. The highest BCUT2D eigenvalue weighted by atomic mass is 79.9. The fourth-order valence-electron chi connectivity index (χ4n) is 18.2. The smallest absolute Gasteiger partial charge is 0.0725 e. The van der Waals surface area contributed by atoms with Crippen LogP contribution in [0.5, 0.6) is 0 Å². The molecule has 0 aromatic heterocycles. The number of fused-ring (bicyclic) bond motifs is 32. The average molecular weight is 1830 g/mol. The number of rotatable bonds is 7. The van der Waals surface area contributed by atoms with Gasteiger partial charge in [-0.05, 0) is 208 Å². The molecule has 0 saturated carbocycles. The Morgan fingerprint density at radius 1 is 0.211 bits per heavy atom. The van der Waals surface area contributed by atoms with E-state index >= 15 is 0 Å². The number of benzene rings is 18. The van der Waals surface area contributed by atoms with E-state index in [-0.39, 0.29) is 10.8 Å². The fourth-order valence-corrected chi connectivity index (χ4v) is 18.2. The maximum absolute atomic E-state index is 3.51. The van der Waals surface area contributed by atoms with E-state index in [1.165, 1.54) is 183 Å². The third-order valence-corrected chi connectivity index (χ3v) is 22.6. The van der Waals surface area contributed by atoms with E-state index in [2.05, 4.69) is 443 Å². The van der Waals surface area contributed by atoms with Crippen molar-refractivity contribution in [2.45, 2.75) is 217 Å². The Balaban J connectivity index is 0.000000249. The average Bonchev–Trinajstić information content (AvgIpc) is 1.52. The highest BCUT2D eigenvalue weighted by Gasteiger charge is 2.53. The monoisotopic (exact) mass is 1820 g/mol. The Labute approximate surface area is 813 Å². The minimum absolute atomic E-state index is 0.180. The van der Waals surface area contributed by atoms with Crippen molar-refractivity contribution in [2.75, 3.05) is 22.1 Å². The van der Waals surface area contributed by atoms with Crippen molar-refractivity contribution in [1.29, 1.82) is 0 Å². The molecular formula is C130H155BrN2. The minimum atomic E-state index is -0.180. The van der Waals surface area contributed by atoms with Crippen molar-refractivity contribution in [2.24, 2.45) is 0 Å². The second-order valence-corrected chi connectivity index (χ2v) is 30.7. The summed E-state index contributed by atoms with van der Waals surface area (Å²) in [5, 5.41) is 20.5. The first-order valence-electron chi connectivity index (χ1n) is 50.4. The van der Waals surface area contributed by atoms with Crippen molar-refractivity contribution in [3.8, 4) is 44.5 Å². The second-order valence-electron chi connectivity index (χ2n) is 29.6. The summed E-state index contributed by atoms with van der Waals surface area (Å²) in [6.07, 6.45) is 2.50. The van der Waals surface area contributed by atoms with Gasteiger partial charge >= 0.3 is 0 Å². The Morgan fingerprint density at radius 2 is 0.391 bits per heavy atom. The number of halogens is 1. The number of alkyl halides is 1. The molecule has 133 heavy (non-hydrogen) atoms. The molecule has 0 aliphatic heterocycles. The van der Waals surface area contributed by atoms with Crippen molar-refractivity contribution in [1.82, 2.24) is 0 Å². The molecule has 0 unspecified atom stereocenters. The van der Waals surface area contributed by atoms with Gasteiger partial charge in [-0.2, -0.15) is 0 Å². The molecule has 3 heteroatoms. The maximum Gasteiger partial charge on any atom is 0.0725 e. The summed E-state index contributed by atoms with van der Waals surface area (Å²) in [6.45, 7) is 55.5. The van der Waals surface area contributed by atoms with E-state index in [0.29, 0.717) is 0 Å². The zero-order chi connectivity index (χ0) is 97.3. The van der Waals surface area contributed by atoms with Gasteiger partial charge in [-0.1, -0.05) is 554 Å². The lowest BCUT2D eigenvalue weighted by atomic mass is 9.70. The summed E-state index contributed by atoms with van der Waals surface area (Å²) in [7, 11) is 0. The van der Waals surface area contributed by atoms with Crippen LogP contribution in [0.1, 0.15) is 248 Å². The zero-order valence-electron chi connectivity index (χ0n) is 85.5. The van der Waals surface area contributed by atoms with Crippen LogP contribution in [0.15, 0.2) is 388 Å². The van der Waals surface area contributed by atoms with Crippen LogP contribution in [0.25, 0.3) is 109 Å². The predicted octanol–water partition coefficient (Wildman–Crippen LogP) is 40.5. The van der Waals surface area contributed by atoms with Crippen molar-refractivity contribution in [3.05, 3.63) is 444 Å². The molecule has 0 atom stereocenters. The van der Waals surface area contributed by atoms with Gasteiger partial charge in [0.2, 0.25) is 0 Å². The van der Waals surface area contributed by atoms with Crippen molar-refractivity contribution >= 4 is 91.9 Å². The molecule has 4 aliphatic carbocycles. The molecule has 2 nitrogen and oxygen atoms in total. The van der Waals surface area contributed by atoms with E-state index in [1.807, 2.05) is 151 Å². The van der Waals surface area contributed by atoms with Gasteiger partial charge in [0.25, 0.3) is 0 Å². The largest absolute Gasteiger partial charge is 0.381 e. The van der Waals surface area contributed by atoms with Crippen LogP contribution in [-0.4, -0.2) is 11.9 Å². The topological polar surface area (TPSA) is 15.3 Å². The quantitative estimate of drug-likeness (QED) is 0.126. The minimum Gasteiger partial charge on any atom is -0.381 e. The van der Waals surface area contributed by atoms with Crippen LogP contribution >= 0.6 is 15.9 Å². The fraction of sp³-hybridized carbons (Fsp3) is 0.262. The first kappa shape index (κ1) is 109. The van der Waals surface area contributed by atoms with Gasteiger partial charge in [0.1, 0.15) is 0 Å². The normalized spacial score (nSPS) is 11.0. The number of hydrogen-bond donors (Lipinski definition) is 1. The summed E-state index contributed by atoms with van der Waals surface area (Å²) in [5.41, 5.74) is 26.9. The van der Waals surface area contributed by atoms with Gasteiger partial charge in [0.15, 0.2) is 0 Å². The van der Waals surface area contributed by atoms with E-state index in [0.717, 1.165) is 30.7 Å².